The summed E-state index contributed by atoms with van der Waals surface area (Å²) in [7, 11) is 2.07. The maximum Gasteiger partial charge on any atom is 0.227 e. The molecule has 1 amide bonds. The minimum absolute atomic E-state index is 0.155. The first-order valence-electron chi connectivity index (χ1n) is 6.40. The molecule has 1 aromatic heterocycles. The molecule has 0 radical (unpaired) electrons. The third-order valence-electron chi connectivity index (χ3n) is 3.48. The second-order valence-electron chi connectivity index (χ2n) is 4.84. The van der Waals surface area contributed by atoms with Crippen LogP contribution in [0.2, 0.25) is 0 Å². The molecule has 2 rings (SSSR count). The van der Waals surface area contributed by atoms with Gasteiger partial charge in [-0.05, 0) is 19.2 Å². The highest BCUT2D eigenvalue weighted by Gasteiger charge is 2.26. The number of furan rings is 1. The predicted octanol–water partition coefficient (Wildman–Crippen LogP) is 0.171. The number of hydrogen-bond donors (Lipinski definition) is 1. The Balaban J connectivity index is 1.93. The van der Waals surface area contributed by atoms with Gasteiger partial charge in [0.25, 0.3) is 0 Å². The van der Waals surface area contributed by atoms with E-state index in [0.29, 0.717) is 13.0 Å². The largest absolute Gasteiger partial charge is 0.469 e. The molecule has 1 atom stereocenters. The molecule has 0 bridgehead atoms. The van der Waals surface area contributed by atoms with Crippen molar-refractivity contribution in [3.8, 4) is 0 Å². The van der Waals surface area contributed by atoms with Crippen molar-refractivity contribution in [2.75, 3.05) is 39.8 Å². The molecule has 0 aliphatic carbocycles. The average Bonchev–Trinajstić information content (AvgIpc) is 2.89. The Morgan fingerprint density at radius 1 is 1.44 bits per heavy atom. The lowest BCUT2D eigenvalue weighted by Gasteiger charge is -2.34. The van der Waals surface area contributed by atoms with Gasteiger partial charge in [0.15, 0.2) is 0 Å². The van der Waals surface area contributed by atoms with E-state index in [1.807, 2.05) is 17.0 Å². The van der Waals surface area contributed by atoms with E-state index < -0.39 is 0 Å². The number of nitrogens with zero attached hydrogens (tertiary/aromatic N) is 2. The van der Waals surface area contributed by atoms with Crippen molar-refractivity contribution in [1.82, 2.24) is 9.80 Å². The van der Waals surface area contributed by atoms with Crippen molar-refractivity contribution in [3.63, 3.8) is 0 Å². The normalized spacial score (nSPS) is 18.9. The summed E-state index contributed by atoms with van der Waals surface area (Å²) < 4.78 is 5.29. The molecule has 1 fully saturated rings. The summed E-state index contributed by atoms with van der Waals surface area (Å²) in [5.41, 5.74) is 5.72. The van der Waals surface area contributed by atoms with E-state index in [1.165, 1.54) is 0 Å². The van der Waals surface area contributed by atoms with Gasteiger partial charge in [0.2, 0.25) is 5.91 Å². The Labute approximate surface area is 108 Å². The Morgan fingerprint density at radius 3 is 2.72 bits per heavy atom. The molecule has 5 nitrogen and oxygen atoms in total. The molecule has 0 saturated carbocycles. The van der Waals surface area contributed by atoms with Crippen molar-refractivity contribution in [2.45, 2.75) is 6.42 Å². The second-order valence-corrected chi connectivity index (χ2v) is 4.84. The van der Waals surface area contributed by atoms with Crippen LogP contribution in [0.5, 0.6) is 0 Å². The number of carbonyl (C=O) groups is 1. The Bertz CT molecular complexity index is 370. The van der Waals surface area contributed by atoms with Gasteiger partial charge in [0, 0.05) is 39.1 Å². The van der Waals surface area contributed by atoms with Crippen LogP contribution < -0.4 is 5.73 Å². The first kappa shape index (κ1) is 13.1. The van der Waals surface area contributed by atoms with Gasteiger partial charge in [-0.3, -0.25) is 4.79 Å². The van der Waals surface area contributed by atoms with Crippen LogP contribution >= 0.6 is 0 Å². The maximum absolute atomic E-state index is 12.3. The van der Waals surface area contributed by atoms with Crippen LogP contribution in [0, 0.1) is 5.92 Å². The smallest absolute Gasteiger partial charge is 0.227 e. The van der Waals surface area contributed by atoms with Crippen LogP contribution in [0.1, 0.15) is 5.76 Å². The van der Waals surface area contributed by atoms with Crippen molar-refractivity contribution in [2.24, 2.45) is 11.7 Å². The van der Waals surface area contributed by atoms with E-state index in [1.54, 1.807) is 6.26 Å². The van der Waals surface area contributed by atoms with Crippen LogP contribution in [-0.4, -0.2) is 55.5 Å². The van der Waals surface area contributed by atoms with Crippen molar-refractivity contribution in [1.29, 1.82) is 0 Å². The third kappa shape index (κ3) is 3.11. The van der Waals surface area contributed by atoms with Gasteiger partial charge in [0.05, 0.1) is 12.2 Å². The number of amides is 1. The lowest BCUT2D eigenvalue weighted by Crippen LogP contribution is -2.50. The van der Waals surface area contributed by atoms with Crippen LogP contribution in [0.15, 0.2) is 22.8 Å². The fourth-order valence-electron chi connectivity index (χ4n) is 2.23. The van der Waals surface area contributed by atoms with Gasteiger partial charge < -0.3 is 20.0 Å². The standard InChI is InChI=1S/C13H21N3O2/c1-15-4-6-16(7-5-15)13(17)11(10-14)9-12-3-2-8-18-12/h2-3,8,11H,4-7,9-10,14H2,1H3. The summed E-state index contributed by atoms with van der Waals surface area (Å²) in [6, 6.07) is 3.73. The maximum atomic E-state index is 12.3. The summed E-state index contributed by atoms with van der Waals surface area (Å²) in [4.78, 5) is 16.5. The minimum Gasteiger partial charge on any atom is -0.469 e. The Kier molecular flexibility index (Phi) is 4.38. The molecule has 1 unspecified atom stereocenters. The first-order valence-corrected chi connectivity index (χ1v) is 6.40. The average molecular weight is 251 g/mol. The fourth-order valence-corrected chi connectivity index (χ4v) is 2.23. The SMILES string of the molecule is CN1CCN(C(=O)C(CN)Cc2ccco2)CC1. The summed E-state index contributed by atoms with van der Waals surface area (Å²) >= 11 is 0. The molecule has 100 valence electrons. The topological polar surface area (TPSA) is 62.7 Å². The summed E-state index contributed by atoms with van der Waals surface area (Å²) in [5, 5.41) is 0. The lowest BCUT2D eigenvalue weighted by molar-refractivity contribution is -0.136. The quantitative estimate of drug-likeness (QED) is 0.828. The lowest BCUT2D eigenvalue weighted by atomic mass is 10.0. The number of rotatable bonds is 4. The van der Waals surface area contributed by atoms with Crippen LogP contribution in [0.3, 0.4) is 0 Å². The number of piperazine rings is 1. The first-order chi connectivity index (χ1) is 8.70. The van der Waals surface area contributed by atoms with Crippen LogP contribution in [0.25, 0.3) is 0 Å². The molecule has 0 spiro atoms. The molecule has 1 aliphatic rings. The molecule has 1 aliphatic heterocycles. The van der Waals surface area contributed by atoms with Gasteiger partial charge in [-0.2, -0.15) is 0 Å². The van der Waals surface area contributed by atoms with Crippen molar-refractivity contribution >= 4 is 5.91 Å². The predicted molar refractivity (Wildman–Crippen MR) is 69.0 cm³/mol. The number of likely N-dealkylation sites (N-methyl/N-ethyl adjacent to an activating group) is 1. The highest BCUT2D eigenvalue weighted by Crippen LogP contribution is 2.13. The number of nitrogens with two attached hydrogens (primary N) is 1. The zero-order chi connectivity index (χ0) is 13.0. The molecule has 1 aromatic rings. The van der Waals surface area contributed by atoms with Gasteiger partial charge in [-0.1, -0.05) is 0 Å². The molecular weight excluding hydrogens is 230 g/mol. The Hall–Kier alpha value is -1.33. The Morgan fingerprint density at radius 2 is 2.17 bits per heavy atom. The van der Waals surface area contributed by atoms with Crippen molar-refractivity contribution in [3.05, 3.63) is 24.2 Å². The van der Waals surface area contributed by atoms with E-state index >= 15 is 0 Å². The summed E-state index contributed by atoms with van der Waals surface area (Å²) in [5.74, 6) is 0.814. The van der Waals surface area contributed by atoms with Gasteiger partial charge in [0.1, 0.15) is 5.76 Å². The number of hydrogen-bond acceptors (Lipinski definition) is 4. The van der Waals surface area contributed by atoms with Gasteiger partial charge >= 0.3 is 0 Å². The molecule has 1 saturated heterocycles. The molecule has 2 heterocycles. The van der Waals surface area contributed by atoms with Crippen LogP contribution in [-0.2, 0) is 11.2 Å². The highest BCUT2D eigenvalue weighted by atomic mass is 16.3. The molecule has 2 N–H and O–H groups in total. The summed E-state index contributed by atoms with van der Waals surface area (Å²) in [6.45, 7) is 3.83. The van der Waals surface area contributed by atoms with E-state index in [9.17, 15) is 4.79 Å². The summed E-state index contributed by atoms with van der Waals surface area (Å²) in [6.07, 6.45) is 2.22. The zero-order valence-electron chi connectivity index (χ0n) is 10.8. The van der Waals surface area contributed by atoms with Crippen molar-refractivity contribution < 1.29 is 9.21 Å². The van der Waals surface area contributed by atoms with Gasteiger partial charge in [-0.25, -0.2) is 0 Å². The molecule has 18 heavy (non-hydrogen) atoms. The molecule has 5 heteroatoms. The van der Waals surface area contributed by atoms with E-state index in [0.717, 1.165) is 31.9 Å². The monoisotopic (exact) mass is 251 g/mol. The molecular formula is C13H21N3O2. The van der Waals surface area contributed by atoms with Gasteiger partial charge in [-0.15, -0.1) is 0 Å². The third-order valence-corrected chi connectivity index (χ3v) is 3.48. The van der Waals surface area contributed by atoms with E-state index in [2.05, 4.69) is 11.9 Å². The van der Waals surface area contributed by atoms with E-state index in [-0.39, 0.29) is 11.8 Å². The zero-order valence-corrected chi connectivity index (χ0v) is 10.8. The second kappa shape index (κ2) is 6.02. The van der Waals surface area contributed by atoms with E-state index in [4.69, 9.17) is 10.2 Å². The number of carbonyl (C=O) groups excluding carboxylic acids is 1. The van der Waals surface area contributed by atoms with Crippen LogP contribution in [0.4, 0.5) is 0 Å². The highest BCUT2D eigenvalue weighted by molar-refractivity contribution is 5.79. The minimum atomic E-state index is -0.167. The molecule has 0 aromatic carbocycles. The fraction of sp³-hybridized carbons (Fsp3) is 0.615.